The van der Waals surface area contributed by atoms with Crippen molar-refractivity contribution in [2.45, 2.75) is 45.4 Å². The fraction of sp³-hybridized carbons (Fsp3) is 0.474. The van der Waals surface area contributed by atoms with Gasteiger partial charge >= 0.3 is 0 Å². The number of anilines is 1. The molecule has 1 saturated heterocycles. The zero-order chi connectivity index (χ0) is 18.4. The number of rotatable bonds is 5. The Morgan fingerprint density at radius 3 is 2.42 bits per heavy atom. The second-order valence-corrected chi connectivity index (χ2v) is 7.55. The Bertz CT molecular complexity index is 749. The lowest BCUT2D eigenvalue weighted by Gasteiger charge is -2.20. The van der Waals surface area contributed by atoms with Gasteiger partial charge in [0, 0.05) is 30.8 Å². The number of benzene rings is 1. The lowest BCUT2D eigenvalue weighted by molar-refractivity contribution is 0.0761. The minimum Gasteiger partial charge on any atom is -0.339 e. The summed E-state index contributed by atoms with van der Waals surface area (Å²) in [5.41, 5.74) is 1.31. The summed E-state index contributed by atoms with van der Waals surface area (Å²) in [5.74, 6) is -0.199. The molecule has 0 bridgehead atoms. The van der Waals surface area contributed by atoms with E-state index >= 15 is 0 Å². The van der Waals surface area contributed by atoms with E-state index in [0.29, 0.717) is 16.3 Å². The molecule has 2 heterocycles. The molecule has 1 aliphatic rings. The van der Waals surface area contributed by atoms with Gasteiger partial charge in [-0.3, -0.25) is 9.59 Å². The average Bonchev–Trinajstić information content (AvgIpc) is 2.95. The van der Waals surface area contributed by atoms with Crippen molar-refractivity contribution in [3.05, 3.63) is 39.8 Å². The monoisotopic (exact) mass is 372 g/mol. The molecule has 138 valence electrons. The number of likely N-dealkylation sites (tertiary alicyclic amines) is 1. The number of amides is 2. The maximum Gasteiger partial charge on any atom is 0.286 e. The van der Waals surface area contributed by atoms with Crippen LogP contribution in [0.25, 0.3) is 0 Å². The molecule has 1 fully saturated rings. The van der Waals surface area contributed by atoms with Gasteiger partial charge in [-0.15, -0.1) is 10.2 Å². The van der Waals surface area contributed by atoms with Crippen LogP contribution in [0.5, 0.6) is 0 Å². The lowest BCUT2D eigenvalue weighted by atomic mass is 10.1. The van der Waals surface area contributed by atoms with Gasteiger partial charge in [0.15, 0.2) is 0 Å². The molecular formula is C19H24N4O2S. The summed E-state index contributed by atoms with van der Waals surface area (Å²) >= 11 is 1.32. The van der Waals surface area contributed by atoms with Gasteiger partial charge in [0.2, 0.25) is 5.01 Å². The molecule has 0 spiro atoms. The molecule has 6 nitrogen and oxygen atoms in total. The molecule has 1 aliphatic heterocycles. The number of aryl methyl sites for hydroxylation is 1. The Hall–Kier alpha value is -2.28. The van der Waals surface area contributed by atoms with Crippen molar-refractivity contribution >= 4 is 28.8 Å². The molecule has 0 saturated carbocycles. The Labute approximate surface area is 157 Å². The van der Waals surface area contributed by atoms with Crippen LogP contribution in [0.4, 0.5) is 5.69 Å². The summed E-state index contributed by atoms with van der Waals surface area (Å²) in [7, 11) is 0. The summed E-state index contributed by atoms with van der Waals surface area (Å²) < 4.78 is 0. The molecule has 1 aromatic heterocycles. The SMILES string of the molecule is CCCc1nnc(C(=O)Nc2ccc(C(=O)N3CCCCCC3)cc2)s1. The second kappa shape index (κ2) is 8.89. The van der Waals surface area contributed by atoms with Crippen molar-refractivity contribution < 1.29 is 9.59 Å². The van der Waals surface area contributed by atoms with Crippen LogP contribution in [-0.2, 0) is 6.42 Å². The minimum absolute atomic E-state index is 0.0677. The van der Waals surface area contributed by atoms with Gasteiger partial charge in [0.1, 0.15) is 5.01 Å². The molecule has 1 N–H and O–H groups in total. The van der Waals surface area contributed by atoms with E-state index in [1.54, 1.807) is 24.3 Å². The molecule has 1 aromatic carbocycles. The van der Waals surface area contributed by atoms with Crippen molar-refractivity contribution in [1.82, 2.24) is 15.1 Å². The fourth-order valence-corrected chi connectivity index (χ4v) is 3.83. The Morgan fingerprint density at radius 2 is 1.77 bits per heavy atom. The normalized spacial score (nSPS) is 14.7. The molecular weight excluding hydrogens is 348 g/mol. The predicted molar refractivity (Wildman–Crippen MR) is 103 cm³/mol. The van der Waals surface area contributed by atoms with Crippen LogP contribution in [-0.4, -0.2) is 40.0 Å². The van der Waals surface area contributed by atoms with Crippen molar-refractivity contribution in [3.8, 4) is 0 Å². The fourth-order valence-electron chi connectivity index (χ4n) is 3.00. The number of carbonyl (C=O) groups excluding carboxylic acids is 2. The highest BCUT2D eigenvalue weighted by atomic mass is 32.1. The van der Waals surface area contributed by atoms with Gasteiger partial charge in [-0.05, 0) is 43.5 Å². The van der Waals surface area contributed by atoms with E-state index in [-0.39, 0.29) is 11.8 Å². The number of aromatic nitrogens is 2. The van der Waals surface area contributed by atoms with Crippen LogP contribution in [0, 0.1) is 0 Å². The highest BCUT2D eigenvalue weighted by molar-refractivity contribution is 7.13. The van der Waals surface area contributed by atoms with Crippen molar-refractivity contribution in [3.63, 3.8) is 0 Å². The highest BCUT2D eigenvalue weighted by Gasteiger charge is 2.17. The lowest BCUT2D eigenvalue weighted by Crippen LogP contribution is -2.31. The zero-order valence-electron chi connectivity index (χ0n) is 15.0. The van der Waals surface area contributed by atoms with Crippen LogP contribution in [0.15, 0.2) is 24.3 Å². The second-order valence-electron chi connectivity index (χ2n) is 6.49. The number of carbonyl (C=O) groups is 2. The molecule has 0 radical (unpaired) electrons. The molecule has 0 atom stereocenters. The Balaban J connectivity index is 1.61. The van der Waals surface area contributed by atoms with Gasteiger partial charge in [0.25, 0.3) is 11.8 Å². The van der Waals surface area contributed by atoms with Gasteiger partial charge in [-0.25, -0.2) is 0 Å². The number of nitrogens with zero attached hydrogens (tertiary/aromatic N) is 3. The van der Waals surface area contributed by atoms with Crippen molar-refractivity contribution in [2.75, 3.05) is 18.4 Å². The maximum absolute atomic E-state index is 12.6. The molecule has 7 heteroatoms. The smallest absolute Gasteiger partial charge is 0.286 e. The van der Waals surface area contributed by atoms with E-state index in [1.165, 1.54) is 24.2 Å². The molecule has 2 amide bonds. The molecule has 0 aliphatic carbocycles. The van der Waals surface area contributed by atoms with E-state index in [4.69, 9.17) is 0 Å². The van der Waals surface area contributed by atoms with Gasteiger partial charge in [-0.1, -0.05) is 31.1 Å². The molecule has 0 unspecified atom stereocenters. The predicted octanol–water partition coefficient (Wildman–Crippen LogP) is 3.76. The largest absolute Gasteiger partial charge is 0.339 e. The highest BCUT2D eigenvalue weighted by Crippen LogP contribution is 2.17. The summed E-state index contributed by atoms with van der Waals surface area (Å²) in [5, 5.41) is 12.0. The van der Waals surface area contributed by atoms with Gasteiger partial charge in [-0.2, -0.15) is 0 Å². The molecule has 2 aromatic rings. The van der Waals surface area contributed by atoms with Crippen LogP contribution in [0.3, 0.4) is 0 Å². The van der Waals surface area contributed by atoms with E-state index in [1.807, 2.05) is 4.90 Å². The zero-order valence-corrected chi connectivity index (χ0v) is 15.8. The third kappa shape index (κ3) is 4.66. The third-order valence-electron chi connectivity index (χ3n) is 4.41. The summed E-state index contributed by atoms with van der Waals surface area (Å²) in [6.45, 7) is 3.72. The van der Waals surface area contributed by atoms with Crippen LogP contribution < -0.4 is 5.32 Å². The third-order valence-corrected chi connectivity index (χ3v) is 5.39. The maximum atomic E-state index is 12.6. The summed E-state index contributed by atoms with van der Waals surface area (Å²) in [4.78, 5) is 26.8. The van der Waals surface area contributed by atoms with Gasteiger partial charge in [0.05, 0.1) is 0 Å². The van der Waals surface area contributed by atoms with Crippen molar-refractivity contribution in [1.29, 1.82) is 0 Å². The first kappa shape index (κ1) is 18.5. The van der Waals surface area contributed by atoms with Crippen LogP contribution in [0.2, 0.25) is 0 Å². The average molecular weight is 372 g/mol. The van der Waals surface area contributed by atoms with E-state index in [2.05, 4.69) is 22.4 Å². The minimum atomic E-state index is -0.267. The summed E-state index contributed by atoms with van der Waals surface area (Å²) in [6.07, 6.45) is 6.34. The Morgan fingerprint density at radius 1 is 1.08 bits per heavy atom. The van der Waals surface area contributed by atoms with E-state index in [9.17, 15) is 9.59 Å². The Kier molecular flexibility index (Phi) is 6.33. The summed E-state index contributed by atoms with van der Waals surface area (Å²) in [6, 6.07) is 7.06. The van der Waals surface area contributed by atoms with E-state index < -0.39 is 0 Å². The van der Waals surface area contributed by atoms with Crippen LogP contribution in [0.1, 0.15) is 64.2 Å². The van der Waals surface area contributed by atoms with Gasteiger partial charge < -0.3 is 10.2 Å². The van der Waals surface area contributed by atoms with Crippen LogP contribution >= 0.6 is 11.3 Å². The number of nitrogens with one attached hydrogen (secondary N) is 1. The topological polar surface area (TPSA) is 75.2 Å². The number of hydrogen-bond acceptors (Lipinski definition) is 5. The quantitative estimate of drug-likeness (QED) is 0.867. The first-order chi connectivity index (χ1) is 12.7. The van der Waals surface area contributed by atoms with E-state index in [0.717, 1.165) is 43.8 Å². The number of hydrogen-bond donors (Lipinski definition) is 1. The molecule has 3 rings (SSSR count). The van der Waals surface area contributed by atoms with Crippen molar-refractivity contribution in [2.24, 2.45) is 0 Å². The first-order valence-corrected chi connectivity index (χ1v) is 10.0. The standard InChI is InChI=1S/C19H24N4O2S/c1-2-7-16-21-22-18(26-16)17(24)20-15-10-8-14(9-11-15)19(25)23-12-5-3-4-6-13-23/h8-11H,2-7,12-13H2,1H3,(H,20,24). The molecule has 26 heavy (non-hydrogen) atoms. The first-order valence-electron chi connectivity index (χ1n) is 9.20.